The van der Waals surface area contributed by atoms with Crippen LogP contribution in [0.2, 0.25) is 0 Å². The normalized spacial score (nSPS) is 13.0. The Bertz CT molecular complexity index is 1100. The molecule has 0 radical (unpaired) electrons. The van der Waals surface area contributed by atoms with E-state index in [0.29, 0.717) is 18.8 Å². The number of esters is 1. The number of aromatic nitrogens is 2. The van der Waals surface area contributed by atoms with Crippen LogP contribution in [0.1, 0.15) is 39.9 Å². The molecule has 1 aromatic heterocycles. The standard InChI is InChI=1S/C25H26N2O4S/c1-30-25(29)16-32-15-21-19-6-4-8-23(28)20(19)9-10-24(21)31-14-11-18-5-2-3-7-22(18)27-13-12-26-17-27/h2-3,5,7,9-10,12-13,17H,4,6,8,11,14-16H2,1H3. The smallest absolute Gasteiger partial charge is 0.315 e. The quantitative estimate of drug-likeness (QED) is 0.450. The maximum absolute atomic E-state index is 12.4. The first kappa shape index (κ1) is 22.1. The number of benzene rings is 2. The molecule has 0 saturated carbocycles. The Labute approximate surface area is 192 Å². The van der Waals surface area contributed by atoms with Crippen molar-refractivity contribution in [3.63, 3.8) is 0 Å². The first-order valence-corrected chi connectivity index (χ1v) is 11.8. The minimum atomic E-state index is -0.255. The number of nitrogens with zero attached hydrogens (tertiary/aromatic N) is 2. The lowest BCUT2D eigenvalue weighted by Crippen LogP contribution is -2.15. The van der Waals surface area contributed by atoms with Gasteiger partial charge in [0.2, 0.25) is 0 Å². The summed E-state index contributed by atoms with van der Waals surface area (Å²) in [5.41, 5.74) is 5.13. The number of hydrogen-bond donors (Lipinski definition) is 0. The van der Waals surface area contributed by atoms with Gasteiger partial charge in [0.05, 0.1) is 25.8 Å². The van der Waals surface area contributed by atoms with Gasteiger partial charge in [-0.3, -0.25) is 9.59 Å². The van der Waals surface area contributed by atoms with E-state index in [1.165, 1.54) is 24.4 Å². The van der Waals surface area contributed by atoms with Crippen molar-refractivity contribution in [3.8, 4) is 11.4 Å². The SMILES string of the molecule is COC(=O)CSCc1c(OCCc2ccccc2-n2ccnc2)ccc2c1CCCC2=O. The summed E-state index contributed by atoms with van der Waals surface area (Å²) in [6.45, 7) is 0.507. The number of Topliss-reactive ketones (excluding diaryl/α,β-unsaturated/α-hetero) is 1. The number of fused-ring (bicyclic) bond motifs is 1. The molecule has 0 amide bonds. The first-order chi connectivity index (χ1) is 15.7. The molecule has 7 heteroatoms. The van der Waals surface area contributed by atoms with Gasteiger partial charge in [-0.1, -0.05) is 18.2 Å². The largest absolute Gasteiger partial charge is 0.493 e. The molecular weight excluding hydrogens is 424 g/mol. The molecular formula is C25H26N2O4S. The van der Waals surface area contributed by atoms with Crippen molar-refractivity contribution in [2.24, 2.45) is 0 Å². The predicted molar refractivity (Wildman–Crippen MR) is 125 cm³/mol. The highest BCUT2D eigenvalue weighted by Crippen LogP contribution is 2.34. The van der Waals surface area contributed by atoms with Crippen LogP contribution < -0.4 is 4.74 Å². The summed E-state index contributed by atoms with van der Waals surface area (Å²) in [6, 6.07) is 12.0. The van der Waals surface area contributed by atoms with Crippen molar-refractivity contribution >= 4 is 23.5 Å². The fourth-order valence-corrected chi connectivity index (χ4v) is 4.92. The van der Waals surface area contributed by atoms with Gasteiger partial charge in [-0.2, -0.15) is 0 Å². The van der Waals surface area contributed by atoms with Gasteiger partial charge in [0, 0.05) is 47.8 Å². The molecule has 3 aromatic rings. The van der Waals surface area contributed by atoms with E-state index < -0.39 is 0 Å². The van der Waals surface area contributed by atoms with Gasteiger partial charge in [0.25, 0.3) is 0 Å². The Balaban J connectivity index is 1.51. The van der Waals surface area contributed by atoms with Crippen LogP contribution in [0.15, 0.2) is 55.1 Å². The van der Waals surface area contributed by atoms with Crippen molar-refractivity contribution in [2.75, 3.05) is 19.5 Å². The second-order valence-electron chi connectivity index (χ2n) is 7.61. The Kier molecular flexibility index (Phi) is 7.27. The Morgan fingerprint density at radius 3 is 2.88 bits per heavy atom. The van der Waals surface area contributed by atoms with Gasteiger partial charge in [0.15, 0.2) is 5.78 Å². The van der Waals surface area contributed by atoms with Crippen LogP contribution in [0.4, 0.5) is 0 Å². The van der Waals surface area contributed by atoms with E-state index >= 15 is 0 Å². The van der Waals surface area contributed by atoms with Crippen molar-refractivity contribution < 1.29 is 19.1 Å². The number of ether oxygens (including phenoxy) is 2. The number of hydrogen-bond acceptors (Lipinski definition) is 6. The lowest BCUT2D eigenvalue weighted by Gasteiger charge is -2.22. The summed E-state index contributed by atoms with van der Waals surface area (Å²) >= 11 is 1.48. The van der Waals surface area contributed by atoms with Crippen LogP contribution in [0.3, 0.4) is 0 Å². The summed E-state index contributed by atoms with van der Waals surface area (Å²) in [4.78, 5) is 28.1. The number of thioether (sulfide) groups is 1. The van der Waals surface area contributed by atoms with Crippen molar-refractivity contribution in [2.45, 2.75) is 31.4 Å². The van der Waals surface area contributed by atoms with E-state index in [2.05, 4.69) is 17.1 Å². The average molecular weight is 451 g/mol. The topological polar surface area (TPSA) is 70.4 Å². The van der Waals surface area contributed by atoms with Gasteiger partial charge in [-0.15, -0.1) is 11.8 Å². The zero-order valence-corrected chi connectivity index (χ0v) is 18.9. The zero-order valence-electron chi connectivity index (χ0n) is 18.1. The highest BCUT2D eigenvalue weighted by molar-refractivity contribution is 7.99. The van der Waals surface area contributed by atoms with E-state index in [4.69, 9.17) is 9.47 Å². The summed E-state index contributed by atoms with van der Waals surface area (Å²) in [5.74, 6) is 1.59. The predicted octanol–water partition coefficient (Wildman–Crippen LogP) is 4.42. The van der Waals surface area contributed by atoms with Crippen LogP contribution in [0.5, 0.6) is 5.75 Å². The van der Waals surface area contributed by atoms with E-state index in [1.54, 1.807) is 12.5 Å². The fraction of sp³-hybridized carbons (Fsp3) is 0.320. The van der Waals surface area contributed by atoms with Crippen LogP contribution in [0, 0.1) is 0 Å². The van der Waals surface area contributed by atoms with Gasteiger partial charge in [-0.25, -0.2) is 4.98 Å². The third-order valence-electron chi connectivity index (χ3n) is 5.62. The van der Waals surface area contributed by atoms with E-state index in [1.807, 2.05) is 35.0 Å². The molecule has 0 unspecified atom stereocenters. The summed E-state index contributed by atoms with van der Waals surface area (Å²) < 4.78 is 13.0. The zero-order chi connectivity index (χ0) is 22.3. The van der Waals surface area contributed by atoms with Crippen LogP contribution in [-0.4, -0.2) is 40.8 Å². The molecule has 0 saturated heterocycles. The number of rotatable bonds is 9. The van der Waals surface area contributed by atoms with Gasteiger partial charge in [-0.05, 0) is 42.2 Å². The molecule has 0 atom stereocenters. The second kappa shape index (κ2) is 10.5. The lowest BCUT2D eigenvalue weighted by molar-refractivity contribution is -0.137. The molecule has 6 nitrogen and oxygen atoms in total. The Hall–Kier alpha value is -3.06. The molecule has 2 aromatic carbocycles. The number of carbonyl (C=O) groups excluding carboxylic acids is 2. The minimum Gasteiger partial charge on any atom is -0.493 e. The van der Waals surface area contributed by atoms with Gasteiger partial charge >= 0.3 is 5.97 Å². The maximum Gasteiger partial charge on any atom is 0.315 e. The van der Waals surface area contributed by atoms with E-state index in [9.17, 15) is 9.59 Å². The molecule has 1 heterocycles. The molecule has 0 N–H and O–H groups in total. The highest BCUT2D eigenvalue weighted by Gasteiger charge is 2.23. The van der Waals surface area contributed by atoms with Crippen LogP contribution in [-0.2, 0) is 28.1 Å². The van der Waals surface area contributed by atoms with E-state index in [0.717, 1.165) is 47.4 Å². The average Bonchev–Trinajstić information content (AvgIpc) is 3.35. The number of imidazole rings is 1. The number of ketones is 1. The number of carbonyl (C=O) groups is 2. The third kappa shape index (κ3) is 5.05. The Morgan fingerprint density at radius 2 is 2.06 bits per heavy atom. The molecule has 1 aliphatic rings. The molecule has 0 spiro atoms. The molecule has 0 fully saturated rings. The van der Waals surface area contributed by atoms with Crippen molar-refractivity contribution in [1.29, 1.82) is 0 Å². The second-order valence-corrected chi connectivity index (χ2v) is 8.60. The van der Waals surface area contributed by atoms with Crippen molar-refractivity contribution in [3.05, 3.63) is 77.4 Å². The Morgan fingerprint density at radius 1 is 1.19 bits per heavy atom. The molecule has 32 heavy (non-hydrogen) atoms. The minimum absolute atomic E-state index is 0.186. The third-order valence-corrected chi connectivity index (χ3v) is 6.55. The van der Waals surface area contributed by atoms with Gasteiger partial charge < -0.3 is 14.0 Å². The van der Waals surface area contributed by atoms with Crippen LogP contribution in [0.25, 0.3) is 5.69 Å². The molecule has 1 aliphatic carbocycles. The summed E-state index contributed by atoms with van der Waals surface area (Å²) in [6.07, 6.45) is 8.51. The van der Waals surface area contributed by atoms with E-state index in [-0.39, 0.29) is 17.5 Å². The first-order valence-electron chi connectivity index (χ1n) is 10.7. The maximum atomic E-state index is 12.4. The lowest BCUT2D eigenvalue weighted by atomic mass is 9.87. The number of methoxy groups -OCH3 is 1. The monoisotopic (exact) mass is 450 g/mol. The summed E-state index contributed by atoms with van der Waals surface area (Å²) in [5, 5.41) is 0. The summed E-state index contributed by atoms with van der Waals surface area (Å²) in [7, 11) is 1.39. The molecule has 4 rings (SSSR count). The van der Waals surface area contributed by atoms with Crippen molar-refractivity contribution in [1.82, 2.24) is 9.55 Å². The fourth-order valence-electron chi connectivity index (χ4n) is 4.01. The van der Waals surface area contributed by atoms with Gasteiger partial charge in [0.1, 0.15) is 5.75 Å². The molecule has 0 bridgehead atoms. The molecule has 0 aliphatic heterocycles. The van der Waals surface area contributed by atoms with Crippen LogP contribution >= 0.6 is 11.8 Å². The highest BCUT2D eigenvalue weighted by atomic mass is 32.2. The number of para-hydroxylation sites is 1. The molecule has 166 valence electrons.